The number of aromatic nitrogens is 1. The maximum absolute atomic E-state index is 11.9. The molecule has 0 aliphatic rings. The summed E-state index contributed by atoms with van der Waals surface area (Å²) in [6, 6.07) is 7.35. The van der Waals surface area contributed by atoms with Gasteiger partial charge in [0.15, 0.2) is 0 Å². The molecule has 5 nitrogen and oxygen atoms in total. The Bertz CT molecular complexity index is 751. The molecular weight excluding hydrogens is 368 g/mol. The highest BCUT2D eigenvalue weighted by Gasteiger charge is 2.13. The lowest BCUT2D eigenvalue weighted by Crippen LogP contribution is -2.12. The SMILES string of the molecule is O=C(Nc1ccc(S(=O)(=O)Cl)cc1Br)c1cccnc1. The summed E-state index contributed by atoms with van der Waals surface area (Å²) in [6.07, 6.45) is 2.99. The maximum Gasteiger partial charge on any atom is 0.261 e. The number of anilines is 1. The minimum absolute atomic E-state index is 0.0505. The monoisotopic (exact) mass is 374 g/mol. The first-order valence-corrected chi connectivity index (χ1v) is 8.44. The van der Waals surface area contributed by atoms with E-state index in [1.165, 1.54) is 24.4 Å². The smallest absolute Gasteiger partial charge is 0.261 e. The van der Waals surface area contributed by atoms with E-state index in [2.05, 4.69) is 26.2 Å². The van der Waals surface area contributed by atoms with Gasteiger partial charge in [-0.25, -0.2) is 8.42 Å². The molecule has 1 aromatic heterocycles. The maximum atomic E-state index is 11.9. The van der Waals surface area contributed by atoms with Crippen LogP contribution >= 0.6 is 26.6 Å². The van der Waals surface area contributed by atoms with Crippen LogP contribution in [-0.4, -0.2) is 19.3 Å². The number of hydrogen-bond acceptors (Lipinski definition) is 4. The predicted molar refractivity (Wildman–Crippen MR) is 79.4 cm³/mol. The topological polar surface area (TPSA) is 76.1 Å². The molecule has 0 spiro atoms. The Morgan fingerprint density at radius 2 is 2.05 bits per heavy atom. The number of benzene rings is 1. The number of rotatable bonds is 3. The molecule has 2 rings (SSSR count). The van der Waals surface area contributed by atoms with E-state index in [0.717, 1.165) is 0 Å². The third-order valence-corrected chi connectivity index (χ3v) is 4.40. The summed E-state index contributed by atoms with van der Waals surface area (Å²) in [7, 11) is 1.44. The summed E-state index contributed by atoms with van der Waals surface area (Å²) in [5, 5.41) is 2.64. The van der Waals surface area contributed by atoms with Crippen LogP contribution in [0.5, 0.6) is 0 Å². The van der Waals surface area contributed by atoms with E-state index in [4.69, 9.17) is 10.7 Å². The van der Waals surface area contributed by atoms with Crippen LogP contribution in [0.1, 0.15) is 10.4 Å². The summed E-state index contributed by atoms with van der Waals surface area (Å²) in [4.78, 5) is 15.7. The lowest BCUT2D eigenvalue weighted by molar-refractivity contribution is 0.102. The summed E-state index contributed by atoms with van der Waals surface area (Å²) in [5.74, 6) is -0.347. The molecule has 0 saturated heterocycles. The van der Waals surface area contributed by atoms with Crippen LogP contribution in [0.2, 0.25) is 0 Å². The first-order chi connectivity index (χ1) is 9.38. The molecular formula is C12H8BrClN2O3S. The van der Waals surface area contributed by atoms with Gasteiger partial charge in [-0.15, -0.1) is 0 Å². The van der Waals surface area contributed by atoms with E-state index in [1.54, 1.807) is 18.3 Å². The van der Waals surface area contributed by atoms with Crippen molar-refractivity contribution in [2.24, 2.45) is 0 Å². The fourth-order valence-electron chi connectivity index (χ4n) is 1.44. The van der Waals surface area contributed by atoms with Gasteiger partial charge in [0.2, 0.25) is 0 Å². The molecule has 8 heteroatoms. The lowest BCUT2D eigenvalue weighted by Gasteiger charge is -2.08. The zero-order valence-corrected chi connectivity index (χ0v) is 13.0. The molecule has 0 atom stereocenters. The minimum atomic E-state index is -3.80. The van der Waals surface area contributed by atoms with Gasteiger partial charge in [-0.1, -0.05) is 0 Å². The minimum Gasteiger partial charge on any atom is -0.321 e. The van der Waals surface area contributed by atoms with Crippen molar-refractivity contribution < 1.29 is 13.2 Å². The van der Waals surface area contributed by atoms with Gasteiger partial charge in [0.25, 0.3) is 15.0 Å². The average molecular weight is 376 g/mol. The number of nitrogens with one attached hydrogen (secondary N) is 1. The lowest BCUT2D eigenvalue weighted by atomic mass is 10.2. The second kappa shape index (κ2) is 5.90. The molecule has 1 aromatic carbocycles. The molecule has 0 unspecified atom stereocenters. The molecule has 0 aliphatic heterocycles. The van der Waals surface area contributed by atoms with Crippen LogP contribution in [0.4, 0.5) is 5.69 Å². The Labute approximate surface area is 128 Å². The van der Waals surface area contributed by atoms with Gasteiger partial charge in [-0.05, 0) is 46.3 Å². The van der Waals surface area contributed by atoms with Crippen molar-refractivity contribution in [3.05, 3.63) is 52.8 Å². The van der Waals surface area contributed by atoms with Gasteiger partial charge >= 0.3 is 0 Å². The van der Waals surface area contributed by atoms with E-state index in [0.29, 0.717) is 15.7 Å². The normalized spacial score (nSPS) is 11.1. The van der Waals surface area contributed by atoms with Gasteiger partial charge in [0.1, 0.15) is 0 Å². The van der Waals surface area contributed by atoms with Crippen molar-refractivity contribution in [1.82, 2.24) is 4.98 Å². The first kappa shape index (κ1) is 15.0. The van der Waals surface area contributed by atoms with Crippen LogP contribution < -0.4 is 5.32 Å². The quantitative estimate of drug-likeness (QED) is 0.837. The number of amides is 1. The number of nitrogens with zero attached hydrogens (tertiary/aromatic N) is 1. The molecule has 2 aromatic rings. The Kier molecular flexibility index (Phi) is 4.42. The molecule has 1 N–H and O–H groups in total. The van der Waals surface area contributed by atoms with Crippen LogP contribution in [0, 0.1) is 0 Å². The van der Waals surface area contributed by atoms with Crippen LogP contribution in [0.3, 0.4) is 0 Å². The van der Waals surface area contributed by atoms with Gasteiger partial charge in [0.05, 0.1) is 16.1 Å². The Morgan fingerprint density at radius 1 is 1.30 bits per heavy atom. The molecule has 0 bridgehead atoms. The van der Waals surface area contributed by atoms with Crippen molar-refractivity contribution in [3.63, 3.8) is 0 Å². The highest BCUT2D eigenvalue weighted by Crippen LogP contribution is 2.27. The molecule has 0 radical (unpaired) electrons. The van der Waals surface area contributed by atoms with Crippen molar-refractivity contribution in [1.29, 1.82) is 0 Å². The Morgan fingerprint density at radius 3 is 2.60 bits per heavy atom. The van der Waals surface area contributed by atoms with E-state index in [1.807, 2.05) is 0 Å². The molecule has 104 valence electrons. The highest BCUT2D eigenvalue weighted by atomic mass is 79.9. The van der Waals surface area contributed by atoms with E-state index < -0.39 is 9.05 Å². The Hall–Kier alpha value is -1.44. The zero-order valence-electron chi connectivity index (χ0n) is 9.88. The first-order valence-electron chi connectivity index (χ1n) is 5.33. The molecule has 0 saturated carbocycles. The van der Waals surface area contributed by atoms with E-state index in [-0.39, 0.29) is 10.8 Å². The molecule has 0 fully saturated rings. The van der Waals surface area contributed by atoms with Gasteiger partial charge < -0.3 is 5.32 Å². The summed E-state index contributed by atoms with van der Waals surface area (Å²) >= 11 is 3.19. The predicted octanol–water partition coefficient (Wildman–Crippen LogP) is 3.02. The van der Waals surface area contributed by atoms with Crippen molar-refractivity contribution >= 4 is 47.3 Å². The summed E-state index contributed by atoms with van der Waals surface area (Å²) in [5.41, 5.74) is 0.830. The van der Waals surface area contributed by atoms with E-state index >= 15 is 0 Å². The summed E-state index contributed by atoms with van der Waals surface area (Å²) in [6.45, 7) is 0. The van der Waals surface area contributed by atoms with Gasteiger partial charge in [0, 0.05) is 27.5 Å². The van der Waals surface area contributed by atoms with Crippen molar-refractivity contribution in [2.45, 2.75) is 4.90 Å². The average Bonchev–Trinajstić information content (AvgIpc) is 2.41. The van der Waals surface area contributed by atoms with Crippen LogP contribution in [0.25, 0.3) is 0 Å². The van der Waals surface area contributed by atoms with Crippen molar-refractivity contribution in [2.75, 3.05) is 5.32 Å². The summed E-state index contributed by atoms with van der Waals surface area (Å²) < 4.78 is 22.8. The number of hydrogen-bond donors (Lipinski definition) is 1. The number of carbonyl (C=O) groups excluding carboxylic acids is 1. The fourth-order valence-corrected chi connectivity index (χ4v) is 2.85. The largest absolute Gasteiger partial charge is 0.321 e. The molecule has 1 amide bonds. The van der Waals surface area contributed by atoms with Gasteiger partial charge in [-0.2, -0.15) is 0 Å². The standard InChI is InChI=1S/C12H8BrClN2O3S/c13-10-6-9(20(14,18)19)3-4-11(10)16-12(17)8-2-1-5-15-7-8/h1-7H,(H,16,17). The third kappa shape index (κ3) is 3.56. The molecule has 20 heavy (non-hydrogen) atoms. The van der Waals surface area contributed by atoms with Crippen LogP contribution in [-0.2, 0) is 9.05 Å². The van der Waals surface area contributed by atoms with Gasteiger partial charge in [-0.3, -0.25) is 9.78 Å². The molecule has 1 heterocycles. The highest BCUT2D eigenvalue weighted by molar-refractivity contribution is 9.10. The van der Waals surface area contributed by atoms with E-state index in [9.17, 15) is 13.2 Å². The third-order valence-electron chi connectivity index (χ3n) is 2.39. The second-order valence-corrected chi connectivity index (χ2v) is 7.20. The van der Waals surface area contributed by atoms with Crippen LogP contribution in [0.15, 0.2) is 52.1 Å². The number of pyridine rings is 1. The Balaban J connectivity index is 2.25. The van der Waals surface area contributed by atoms with Crippen molar-refractivity contribution in [3.8, 4) is 0 Å². The fraction of sp³-hybridized carbons (Fsp3) is 0. The number of halogens is 2. The number of carbonyl (C=O) groups is 1. The second-order valence-electron chi connectivity index (χ2n) is 3.78. The zero-order chi connectivity index (χ0) is 14.8. The molecule has 0 aliphatic carbocycles.